The van der Waals surface area contributed by atoms with E-state index in [-0.39, 0.29) is 24.9 Å². The number of fused-ring (bicyclic) bond motifs is 2. The van der Waals surface area contributed by atoms with Crippen molar-refractivity contribution < 1.29 is 19.3 Å². The summed E-state index contributed by atoms with van der Waals surface area (Å²) >= 11 is 6.49. The van der Waals surface area contributed by atoms with Crippen LogP contribution in [-0.4, -0.2) is 58.2 Å². The van der Waals surface area contributed by atoms with Gasteiger partial charge in [0.25, 0.3) is 6.01 Å². The van der Waals surface area contributed by atoms with Gasteiger partial charge in [-0.05, 0) is 30.9 Å². The topological polar surface area (TPSA) is 89.5 Å². The van der Waals surface area contributed by atoms with E-state index in [2.05, 4.69) is 15.0 Å². The van der Waals surface area contributed by atoms with Crippen LogP contribution in [0.4, 0.5) is 0 Å². The molecule has 0 unspecified atom stereocenters. The molecule has 4 heterocycles. The minimum absolute atomic E-state index is 0.0420. The lowest BCUT2D eigenvalue weighted by Crippen LogP contribution is -2.32. The van der Waals surface area contributed by atoms with Crippen molar-refractivity contribution in [3.05, 3.63) is 40.9 Å². The Hall–Kier alpha value is -2.19. The highest BCUT2D eigenvalue weighted by Gasteiger charge is 2.43. The number of halogens is 1. The molecule has 0 radical (unpaired) electrons. The number of hydrogen-bond acceptors (Lipinski definition) is 6. The maximum atomic E-state index is 8.97. The molecule has 2 aliphatic rings. The van der Waals surface area contributed by atoms with E-state index < -0.39 is 0 Å². The number of aliphatic hydroxyl groups is 1. The number of ether oxygens (including phenoxy) is 3. The van der Waals surface area contributed by atoms with Crippen LogP contribution in [0.5, 0.6) is 6.01 Å². The van der Waals surface area contributed by atoms with Crippen molar-refractivity contribution in [3.63, 3.8) is 0 Å². The number of hydrogen-bond donors (Lipinski definition) is 2. The van der Waals surface area contributed by atoms with E-state index in [1.165, 1.54) is 5.56 Å². The van der Waals surface area contributed by atoms with Gasteiger partial charge in [-0.3, -0.25) is 0 Å². The van der Waals surface area contributed by atoms with Gasteiger partial charge in [0.05, 0.1) is 28.9 Å². The largest absolute Gasteiger partial charge is 0.456 e. The quantitative estimate of drug-likeness (QED) is 0.643. The number of H-pyrrole nitrogens is 1. The lowest BCUT2D eigenvalue weighted by molar-refractivity contribution is 0.0273. The Morgan fingerprint density at radius 3 is 2.90 bits per heavy atom. The lowest BCUT2D eigenvalue weighted by atomic mass is 10.1. The second-order valence-electron chi connectivity index (χ2n) is 7.41. The predicted octanol–water partition coefficient (Wildman–Crippen LogP) is 3.14. The molecule has 29 heavy (non-hydrogen) atoms. The summed E-state index contributed by atoms with van der Waals surface area (Å²) in [5.41, 5.74) is 4.03. The molecule has 7 nitrogen and oxygen atoms in total. The van der Waals surface area contributed by atoms with Gasteiger partial charge in [-0.25, -0.2) is 4.98 Å². The van der Waals surface area contributed by atoms with Gasteiger partial charge in [-0.15, -0.1) is 0 Å². The molecule has 8 heteroatoms. The van der Waals surface area contributed by atoms with Crippen LogP contribution in [0.2, 0.25) is 5.02 Å². The maximum Gasteiger partial charge on any atom is 0.296 e. The molecule has 3 atom stereocenters. The first-order valence-corrected chi connectivity index (χ1v) is 10.3. The maximum absolute atomic E-state index is 8.97. The summed E-state index contributed by atoms with van der Waals surface area (Å²) in [7, 11) is 0. The zero-order valence-electron chi connectivity index (χ0n) is 15.8. The Labute approximate surface area is 173 Å². The van der Waals surface area contributed by atoms with Crippen LogP contribution >= 0.6 is 11.6 Å². The Morgan fingerprint density at radius 2 is 2.07 bits per heavy atom. The first-order valence-electron chi connectivity index (χ1n) is 9.87. The van der Waals surface area contributed by atoms with Crippen LogP contribution in [0.25, 0.3) is 22.4 Å². The Kier molecular flexibility index (Phi) is 5.13. The fourth-order valence-corrected chi connectivity index (χ4v) is 4.20. The second kappa shape index (κ2) is 7.91. The third-order valence-electron chi connectivity index (χ3n) is 5.44. The molecule has 152 valence electrons. The van der Waals surface area contributed by atoms with Crippen LogP contribution in [-0.2, 0) is 15.9 Å². The summed E-state index contributed by atoms with van der Waals surface area (Å²) in [6.45, 7) is 1.39. The van der Waals surface area contributed by atoms with Gasteiger partial charge in [0.2, 0.25) is 0 Å². The molecule has 2 aromatic heterocycles. The molecule has 3 aromatic rings. The summed E-state index contributed by atoms with van der Waals surface area (Å²) in [5.74, 6) is 0. The number of nitrogens with zero attached hydrogens (tertiary/aromatic N) is 2. The number of aryl methyl sites for hydroxylation is 1. The fraction of sp³-hybridized carbons (Fsp3) is 0.429. The van der Waals surface area contributed by atoms with Crippen LogP contribution in [0.1, 0.15) is 18.4 Å². The summed E-state index contributed by atoms with van der Waals surface area (Å²) in [5, 5.41) is 9.51. The lowest BCUT2D eigenvalue weighted by Gasteiger charge is -2.15. The van der Waals surface area contributed by atoms with Crippen molar-refractivity contribution in [1.82, 2.24) is 15.0 Å². The van der Waals surface area contributed by atoms with Crippen LogP contribution in [0.15, 0.2) is 30.3 Å². The van der Waals surface area contributed by atoms with E-state index in [1.807, 2.05) is 30.3 Å². The van der Waals surface area contributed by atoms with Gasteiger partial charge in [0, 0.05) is 18.8 Å². The molecule has 0 saturated carbocycles. The van der Waals surface area contributed by atoms with Gasteiger partial charge in [0.1, 0.15) is 6.10 Å². The molecule has 0 bridgehead atoms. The van der Waals surface area contributed by atoms with Gasteiger partial charge >= 0.3 is 0 Å². The molecule has 1 aromatic carbocycles. The fourth-order valence-electron chi connectivity index (χ4n) is 3.94. The molecule has 2 saturated heterocycles. The van der Waals surface area contributed by atoms with E-state index in [4.69, 9.17) is 30.9 Å². The number of nitrogens with one attached hydrogen (secondary N) is 1. The van der Waals surface area contributed by atoms with Crippen LogP contribution < -0.4 is 4.74 Å². The summed E-state index contributed by atoms with van der Waals surface area (Å²) in [6, 6.07) is 10.3. The Morgan fingerprint density at radius 1 is 1.21 bits per heavy atom. The normalized spacial score (nSPS) is 23.6. The van der Waals surface area contributed by atoms with E-state index in [0.29, 0.717) is 35.6 Å². The number of benzene rings is 1. The number of aliphatic hydroxyl groups excluding tert-OH is 1. The van der Waals surface area contributed by atoms with E-state index in [1.54, 1.807) is 0 Å². The summed E-state index contributed by atoms with van der Waals surface area (Å²) in [6.07, 6.45) is 2.39. The third kappa shape index (κ3) is 3.71. The second-order valence-corrected chi connectivity index (χ2v) is 7.82. The van der Waals surface area contributed by atoms with Crippen molar-refractivity contribution in [1.29, 1.82) is 0 Å². The predicted molar refractivity (Wildman–Crippen MR) is 108 cm³/mol. The zero-order chi connectivity index (χ0) is 19.8. The molecular formula is C21H22ClN3O4. The minimum atomic E-state index is -0.176. The molecule has 0 amide bonds. The van der Waals surface area contributed by atoms with E-state index >= 15 is 0 Å². The molecule has 0 aliphatic carbocycles. The first-order chi connectivity index (χ1) is 14.2. The van der Waals surface area contributed by atoms with E-state index in [9.17, 15) is 0 Å². The standard InChI is InChI=1S/C21H22ClN3O4/c22-14-10-15-20(24-18(14)13-5-3-12(4-6-13)2-1-8-26)25-21(23-15)29-17-11-28-16-7-9-27-19(16)17/h3-6,10,16-17,19,26H,1-2,7-9,11H2,(H,23,24,25)/t16-,17-,19+/m1/s1. The summed E-state index contributed by atoms with van der Waals surface area (Å²) < 4.78 is 17.4. The Bertz CT molecular complexity index is 1010. The molecule has 2 N–H and O–H groups in total. The number of rotatable bonds is 6. The van der Waals surface area contributed by atoms with Gasteiger partial charge in [-0.1, -0.05) is 35.9 Å². The molecule has 5 rings (SSSR count). The summed E-state index contributed by atoms with van der Waals surface area (Å²) in [4.78, 5) is 12.3. The average Bonchev–Trinajstić information content (AvgIpc) is 3.43. The van der Waals surface area contributed by atoms with Crippen molar-refractivity contribution in [2.45, 2.75) is 37.6 Å². The highest BCUT2D eigenvalue weighted by atomic mass is 35.5. The molecule has 0 spiro atoms. The van der Waals surface area contributed by atoms with Crippen molar-refractivity contribution in [2.75, 3.05) is 19.8 Å². The van der Waals surface area contributed by atoms with Gasteiger partial charge < -0.3 is 24.3 Å². The smallest absolute Gasteiger partial charge is 0.296 e. The first kappa shape index (κ1) is 18.8. The average molecular weight is 416 g/mol. The van der Waals surface area contributed by atoms with Crippen LogP contribution in [0, 0.1) is 0 Å². The molecule has 2 aliphatic heterocycles. The highest BCUT2D eigenvalue weighted by Crippen LogP contribution is 2.32. The zero-order valence-corrected chi connectivity index (χ0v) is 16.6. The molecule has 2 fully saturated rings. The van der Waals surface area contributed by atoms with Crippen molar-refractivity contribution in [2.24, 2.45) is 0 Å². The van der Waals surface area contributed by atoms with E-state index in [0.717, 1.165) is 30.3 Å². The number of aromatic amines is 1. The van der Waals surface area contributed by atoms with Gasteiger partial charge in [-0.2, -0.15) is 4.98 Å². The van der Waals surface area contributed by atoms with Gasteiger partial charge in [0.15, 0.2) is 11.8 Å². The highest BCUT2D eigenvalue weighted by molar-refractivity contribution is 6.33. The Balaban J connectivity index is 1.38. The number of imidazole rings is 1. The minimum Gasteiger partial charge on any atom is -0.456 e. The number of pyridine rings is 1. The monoisotopic (exact) mass is 415 g/mol. The van der Waals surface area contributed by atoms with Crippen molar-refractivity contribution >= 4 is 22.8 Å². The molecular weight excluding hydrogens is 394 g/mol. The van der Waals surface area contributed by atoms with Crippen LogP contribution in [0.3, 0.4) is 0 Å². The van der Waals surface area contributed by atoms with Crippen molar-refractivity contribution in [3.8, 4) is 17.3 Å². The number of aromatic nitrogens is 3. The SMILES string of the molecule is OCCCc1ccc(-c2nc3nc(O[C@@H]4CO[C@@H]5CCO[C@@H]54)[nH]c3cc2Cl)cc1. The third-order valence-corrected chi connectivity index (χ3v) is 5.73.